The van der Waals surface area contributed by atoms with Gasteiger partial charge in [-0.3, -0.25) is 9.36 Å². The van der Waals surface area contributed by atoms with Crippen molar-refractivity contribution in [2.45, 2.75) is 51.7 Å². The predicted octanol–water partition coefficient (Wildman–Crippen LogP) is 3.42. The van der Waals surface area contributed by atoms with Crippen molar-refractivity contribution in [3.05, 3.63) is 25.6 Å². The zero-order valence-electron chi connectivity index (χ0n) is 12.6. The highest BCUT2D eigenvalue weighted by molar-refractivity contribution is 7.71. The molecule has 0 radical (unpaired) electrons. The first-order valence-electron chi connectivity index (χ1n) is 7.25. The summed E-state index contributed by atoms with van der Waals surface area (Å²) in [6.07, 6.45) is 4.46. The van der Waals surface area contributed by atoms with Gasteiger partial charge in [-0.2, -0.15) is 0 Å². The molecule has 0 aromatic carbocycles. The van der Waals surface area contributed by atoms with E-state index >= 15 is 0 Å². The molecule has 0 spiro atoms. The van der Waals surface area contributed by atoms with Crippen LogP contribution in [0.2, 0.25) is 0 Å². The number of fused-ring (bicyclic) bond motifs is 3. The van der Waals surface area contributed by atoms with Crippen LogP contribution >= 0.6 is 23.6 Å². The number of thiophene rings is 1. The monoisotopic (exact) mass is 324 g/mol. The quantitative estimate of drug-likeness (QED) is 0.880. The average Bonchev–Trinajstić information content (AvgIpc) is 2.81. The van der Waals surface area contributed by atoms with Crippen molar-refractivity contribution < 1.29 is 4.74 Å². The Balaban J connectivity index is 2.23. The van der Waals surface area contributed by atoms with Crippen molar-refractivity contribution in [2.75, 3.05) is 7.11 Å². The molecule has 2 aromatic rings. The molecule has 21 heavy (non-hydrogen) atoms. The standard InChI is InChI=1S/C15H20N2O2S2/c1-15(2,19-3)8-17-13(18)11-9-6-4-5-7-10(9)21-12(11)16-14(17)20/h4-8H2,1-3H3,(H,16,20). The second kappa shape index (κ2) is 5.34. The van der Waals surface area contributed by atoms with Gasteiger partial charge >= 0.3 is 0 Å². The molecule has 0 amide bonds. The maximum absolute atomic E-state index is 12.9. The molecule has 0 bridgehead atoms. The summed E-state index contributed by atoms with van der Waals surface area (Å²) in [5, 5.41) is 0.843. The van der Waals surface area contributed by atoms with Crippen LogP contribution in [-0.4, -0.2) is 22.3 Å². The molecule has 3 rings (SSSR count). The van der Waals surface area contributed by atoms with Crippen molar-refractivity contribution in [2.24, 2.45) is 0 Å². The molecular formula is C15H20N2O2S2. The van der Waals surface area contributed by atoms with Crippen molar-refractivity contribution in [1.82, 2.24) is 9.55 Å². The first-order chi connectivity index (χ1) is 9.93. The first kappa shape index (κ1) is 14.9. The minimum Gasteiger partial charge on any atom is -0.377 e. The van der Waals surface area contributed by atoms with Crippen LogP contribution in [0.5, 0.6) is 0 Å². The Labute approximate surface area is 132 Å². The number of ether oxygens (including phenoxy) is 1. The number of aryl methyl sites for hydroxylation is 2. The Morgan fingerprint density at radius 1 is 1.38 bits per heavy atom. The number of rotatable bonds is 3. The molecule has 114 valence electrons. The van der Waals surface area contributed by atoms with E-state index in [2.05, 4.69) is 4.98 Å². The smallest absolute Gasteiger partial charge is 0.263 e. The number of hydrogen-bond acceptors (Lipinski definition) is 4. The van der Waals surface area contributed by atoms with E-state index in [0.717, 1.165) is 29.5 Å². The van der Waals surface area contributed by atoms with E-state index in [-0.39, 0.29) is 5.56 Å². The van der Waals surface area contributed by atoms with E-state index < -0.39 is 5.60 Å². The molecule has 4 nitrogen and oxygen atoms in total. The summed E-state index contributed by atoms with van der Waals surface area (Å²) >= 11 is 7.08. The normalized spacial score (nSPS) is 15.4. The predicted molar refractivity (Wildman–Crippen MR) is 89.0 cm³/mol. The van der Waals surface area contributed by atoms with Crippen molar-refractivity contribution >= 4 is 33.8 Å². The summed E-state index contributed by atoms with van der Waals surface area (Å²) in [4.78, 5) is 18.4. The number of methoxy groups -OCH3 is 1. The van der Waals surface area contributed by atoms with E-state index in [4.69, 9.17) is 17.0 Å². The van der Waals surface area contributed by atoms with E-state index in [1.807, 2.05) is 13.8 Å². The summed E-state index contributed by atoms with van der Waals surface area (Å²) in [6.45, 7) is 4.38. The zero-order chi connectivity index (χ0) is 15.2. The van der Waals surface area contributed by atoms with Gasteiger partial charge in [0.1, 0.15) is 4.83 Å². The summed E-state index contributed by atoms with van der Waals surface area (Å²) in [7, 11) is 1.66. The summed E-state index contributed by atoms with van der Waals surface area (Å²) < 4.78 is 7.56. The fourth-order valence-electron chi connectivity index (χ4n) is 2.86. The average molecular weight is 324 g/mol. The number of aromatic nitrogens is 2. The number of H-pyrrole nitrogens is 1. The molecule has 1 N–H and O–H groups in total. The van der Waals surface area contributed by atoms with Crippen LogP contribution in [0, 0.1) is 4.77 Å². The molecule has 2 heterocycles. The van der Waals surface area contributed by atoms with Gasteiger partial charge in [-0.15, -0.1) is 11.3 Å². The minimum absolute atomic E-state index is 0.0262. The van der Waals surface area contributed by atoms with Crippen LogP contribution in [0.15, 0.2) is 4.79 Å². The third kappa shape index (κ3) is 2.60. The van der Waals surface area contributed by atoms with Crippen LogP contribution in [-0.2, 0) is 24.1 Å². The molecule has 0 fully saturated rings. The Bertz CT molecular complexity index is 798. The van der Waals surface area contributed by atoms with Crippen molar-refractivity contribution in [1.29, 1.82) is 0 Å². The second-order valence-corrected chi connectivity index (χ2v) is 7.69. The molecule has 0 aliphatic heterocycles. The fraction of sp³-hybridized carbons (Fsp3) is 0.600. The van der Waals surface area contributed by atoms with Gasteiger partial charge in [0.15, 0.2) is 4.77 Å². The third-order valence-electron chi connectivity index (χ3n) is 4.19. The molecule has 1 aliphatic carbocycles. The molecule has 1 aliphatic rings. The Kier molecular flexibility index (Phi) is 3.80. The van der Waals surface area contributed by atoms with Crippen LogP contribution in [0.25, 0.3) is 10.2 Å². The van der Waals surface area contributed by atoms with Crippen molar-refractivity contribution in [3.63, 3.8) is 0 Å². The van der Waals surface area contributed by atoms with Crippen LogP contribution in [0.4, 0.5) is 0 Å². The van der Waals surface area contributed by atoms with Gasteiger partial charge in [-0.1, -0.05) is 0 Å². The number of nitrogens with one attached hydrogen (secondary N) is 1. The Hall–Kier alpha value is -0.980. The lowest BCUT2D eigenvalue weighted by Crippen LogP contribution is -2.35. The highest BCUT2D eigenvalue weighted by Gasteiger charge is 2.23. The minimum atomic E-state index is -0.422. The van der Waals surface area contributed by atoms with Crippen LogP contribution < -0.4 is 5.56 Å². The molecule has 0 atom stereocenters. The summed E-state index contributed by atoms with van der Waals surface area (Å²) in [5.74, 6) is 0. The first-order valence-corrected chi connectivity index (χ1v) is 8.48. The van der Waals surface area contributed by atoms with E-state index in [0.29, 0.717) is 11.3 Å². The second-order valence-electron chi connectivity index (χ2n) is 6.20. The lowest BCUT2D eigenvalue weighted by atomic mass is 9.97. The highest BCUT2D eigenvalue weighted by atomic mass is 32.1. The van der Waals surface area contributed by atoms with Gasteiger partial charge in [0.2, 0.25) is 0 Å². The Morgan fingerprint density at radius 2 is 2.10 bits per heavy atom. The number of aromatic amines is 1. The third-order valence-corrected chi connectivity index (χ3v) is 5.72. The van der Waals surface area contributed by atoms with Gasteiger partial charge in [0.05, 0.1) is 17.5 Å². The maximum Gasteiger partial charge on any atom is 0.263 e. The fourth-order valence-corrected chi connectivity index (χ4v) is 4.46. The number of hydrogen-bond donors (Lipinski definition) is 1. The maximum atomic E-state index is 12.9. The lowest BCUT2D eigenvalue weighted by Gasteiger charge is -2.23. The van der Waals surface area contributed by atoms with E-state index in [9.17, 15) is 4.79 Å². The van der Waals surface area contributed by atoms with E-state index in [1.54, 1.807) is 23.0 Å². The van der Waals surface area contributed by atoms with Gasteiger partial charge in [-0.25, -0.2) is 0 Å². The SMILES string of the molecule is COC(C)(C)Cn1c(=S)[nH]c2sc3c(c2c1=O)CCCC3. The van der Waals surface area contributed by atoms with E-state index in [1.165, 1.54) is 16.9 Å². The zero-order valence-corrected chi connectivity index (χ0v) is 14.2. The van der Waals surface area contributed by atoms with Gasteiger partial charge in [0.25, 0.3) is 5.56 Å². The molecule has 2 aromatic heterocycles. The Morgan fingerprint density at radius 3 is 2.81 bits per heavy atom. The van der Waals surface area contributed by atoms with Crippen LogP contribution in [0.1, 0.15) is 37.1 Å². The number of nitrogens with zero attached hydrogens (tertiary/aromatic N) is 1. The molecule has 6 heteroatoms. The highest BCUT2D eigenvalue weighted by Crippen LogP contribution is 2.33. The molecule has 0 unspecified atom stereocenters. The largest absolute Gasteiger partial charge is 0.377 e. The van der Waals surface area contributed by atoms with Crippen LogP contribution in [0.3, 0.4) is 0 Å². The topological polar surface area (TPSA) is 47.0 Å². The summed E-state index contributed by atoms with van der Waals surface area (Å²) in [6, 6.07) is 0. The van der Waals surface area contributed by atoms with Crippen molar-refractivity contribution in [3.8, 4) is 0 Å². The lowest BCUT2D eigenvalue weighted by molar-refractivity contribution is 0.00696. The van der Waals surface area contributed by atoms with Gasteiger partial charge in [-0.05, 0) is 57.3 Å². The molecule has 0 saturated carbocycles. The van der Waals surface area contributed by atoms with Gasteiger partial charge < -0.3 is 9.72 Å². The molecular weight excluding hydrogens is 304 g/mol. The van der Waals surface area contributed by atoms with Gasteiger partial charge in [0, 0.05) is 12.0 Å². The molecule has 0 saturated heterocycles. The summed E-state index contributed by atoms with van der Waals surface area (Å²) in [5.41, 5.74) is 0.842.